The minimum Gasteiger partial charge on any atom is -0.377 e. The first-order valence-corrected chi connectivity index (χ1v) is 6.54. The minimum absolute atomic E-state index is 0.385. The Labute approximate surface area is 94.8 Å². The molecule has 1 aliphatic carbocycles. The molecule has 90 valence electrons. The summed E-state index contributed by atoms with van der Waals surface area (Å²) in [5, 5.41) is 3.60. The molecular weight excluding hydrogens is 186 g/mol. The Kier molecular flexibility index (Phi) is 5.62. The van der Waals surface area contributed by atoms with E-state index in [0.29, 0.717) is 18.1 Å². The van der Waals surface area contributed by atoms with E-state index in [1.807, 2.05) is 0 Å². The van der Waals surface area contributed by atoms with Gasteiger partial charge in [0.25, 0.3) is 0 Å². The number of ether oxygens (including phenoxy) is 1. The van der Waals surface area contributed by atoms with E-state index in [1.165, 1.54) is 19.3 Å². The van der Waals surface area contributed by atoms with Gasteiger partial charge >= 0.3 is 0 Å². The number of hydrogen-bond acceptors (Lipinski definition) is 2. The topological polar surface area (TPSA) is 21.3 Å². The minimum atomic E-state index is 0.385. The van der Waals surface area contributed by atoms with Gasteiger partial charge in [-0.15, -0.1) is 0 Å². The van der Waals surface area contributed by atoms with E-state index < -0.39 is 0 Å². The van der Waals surface area contributed by atoms with Gasteiger partial charge < -0.3 is 10.1 Å². The normalized spacial score (nSPS) is 20.6. The summed E-state index contributed by atoms with van der Waals surface area (Å²) >= 11 is 0. The molecule has 0 bridgehead atoms. The van der Waals surface area contributed by atoms with Gasteiger partial charge in [-0.1, -0.05) is 33.6 Å². The standard InChI is InChI=1S/C13H27NO/c1-5-14-12(9-11-7-8-11)13(10(3)4)15-6-2/h10-14H,5-9H2,1-4H3. The van der Waals surface area contributed by atoms with E-state index in [1.54, 1.807) is 0 Å². The van der Waals surface area contributed by atoms with Crippen LogP contribution in [0.1, 0.15) is 47.0 Å². The van der Waals surface area contributed by atoms with Crippen LogP contribution < -0.4 is 5.32 Å². The lowest BCUT2D eigenvalue weighted by Gasteiger charge is -2.30. The Morgan fingerprint density at radius 3 is 2.33 bits per heavy atom. The van der Waals surface area contributed by atoms with E-state index in [4.69, 9.17) is 4.74 Å². The highest BCUT2D eigenvalue weighted by Crippen LogP contribution is 2.35. The summed E-state index contributed by atoms with van der Waals surface area (Å²) in [5.41, 5.74) is 0. The van der Waals surface area contributed by atoms with E-state index in [-0.39, 0.29) is 0 Å². The molecule has 15 heavy (non-hydrogen) atoms. The molecule has 2 heteroatoms. The van der Waals surface area contributed by atoms with Gasteiger partial charge in [0.15, 0.2) is 0 Å². The summed E-state index contributed by atoms with van der Waals surface area (Å²) in [6, 6.07) is 0.558. The first kappa shape index (κ1) is 13.0. The van der Waals surface area contributed by atoms with Crippen LogP contribution >= 0.6 is 0 Å². The van der Waals surface area contributed by atoms with Gasteiger partial charge in [-0.2, -0.15) is 0 Å². The van der Waals surface area contributed by atoms with Crippen molar-refractivity contribution in [2.45, 2.75) is 59.1 Å². The van der Waals surface area contributed by atoms with Gasteiger partial charge in [-0.05, 0) is 31.7 Å². The summed E-state index contributed by atoms with van der Waals surface area (Å²) in [4.78, 5) is 0. The molecule has 2 unspecified atom stereocenters. The van der Waals surface area contributed by atoms with Crippen molar-refractivity contribution in [2.24, 2.45) is 11.8 Å². The second kappa shape index (κ2) is 6.49. The van der Waals surface area contributed by atoms with Crippen molar-refractivity contribution in [2.75, 3.05) is 13.2 Å². The molecule has 0 aromatic heterocycles. The molecule has 1 fully saturated rings. The Bertz CT molecular complexity index is 166. The zero-order valence-corrected chi connectivity index (χ0v) is 10.8. The van der Waals surface area contributed by atoms with Gasteiger partial charge in [-0.25, -0.2) is 0 Å². The summed E-state index contributed by atoms with van der Waals surface area (Å²) in [5.74, 6) is 1.57. The molecule has 1 N–H and O–H groups in total. The Hall–Kier alpha value is -0.0800. The summed E-state index contributed by atoms with van der Waals surface area (Å²) in [6.07, 6.45) is 4.55. The maximum absolute atomic E-state index is 5.88. The van der Waals surface area contributed by atoms with Crippen molar-refractivity contribution in [3.63, 3.8) is 0 Å². The molecule has 0 heterocycles. The highest BCUT2D eigenvalue weighted by Gasteiger charge is 2.31. The van der Waals surface area contributed by atoms with E-state index in [9.17, 15) is 0 Å². The number of hydrogen-bond donors (Lipinski definition) is 1. The van der Waals surface area contributed by atoms with Crippen molar-refractivity contribution in [3.05, 3.63) is 0 Å². The predicted octanol–water partition coefficient (Wildman–Crippen LogP) is 2.83. The third-order valence-electron chi connectivity index (χ3n) is 3.16. The Morgan fingerprint density at radius 2 is 1.93 bits per heavy atom. The average Bonchev–Trinajstić information content (AvgIpc) is 2.97. The Morgan fingerprint density at radius 1 is 1.27 bits per heavy atom. The maximum Gasteiger partial charge on any atom is 0.0750 e. The first-order valence-electron chi connectivity index (χ1n) is 6.54. The van der Waals surface area contributed by atoms with Crippen LogP contribution in [0.4, 0.5) is 0 Å². The third-order valence-corrected chi connectivity index (χ3v) is 3.16. The van der Waals surface area contributed by atoms with E-state index >= 15 is 0 Å². The van der Waals surface area contributed by atoms with Crippen LogP contribution in [-0.4, -0.2) is 25.3 Å². The largest absolute Gasteiger partial charge is 0.377 e. The van der Waals surface area contributed by atoms with Crippen LogP contribution in [-0.2, 0) is 4.74 Å². The van der Waals surface area contributed by atoms with Crippen molar-refractivity contribution < 1.29 is 4.74 Å². The van der Waals surface area contributed by atoms with Crippen LogP contribution in [0.5, 0.6) is 0 Å². The molecule has 2 nitrogen and oxygen atoms in total. The van der Waals surface area contributed by atoms with Crippen molar-refractivity contribution in [3.8, 4) is 0 Å². The number of nitrogens with one attached hydrogen (secondary N) is 1. The molecule has 1 rings (SSSR count). The highest BCUT2D eigenvalue weighted by atomic mass is 16.5. The van der Waals surface area contributed by atoms with Crippen LogP contribution in [0.2, 0.25) is 0 Å². The SMILES string of the molecule is CCNC(CC1CC1)C(OCC)C(C)C. The predicted molar refractivity (Wildman–Crippen MR) is 65.1 cm³/mol. The highest BCUT2D eigenvalue weighted by molar-refractivity contribution is 4.86. The van der Waals surface area contributed by atoms with Gasteiger partial charge in [0.2, 0.25) is 0 Å². The van der Waals surface area contributed by atoms with Crippen molar-refractivity contribution in [1.82, 2.24) is 5.32 Å². The average molecular weight is 213 g/mol. The fourth-order valence-corrected chi connectivity index (χ4v) is 2.27. The fourth-order valence-electron chi connectivity index (χ4n) is 2.27. The molecule has 0 spiro atoms. The zero-order chi connectivity index (χ0) is 11.3. The lowest BCUT2D eigenvalue weighted by atomic mass is 9.95. The quantitative estimate of drug-likeness (QED) is 0.669. The first-order chi connectivity index (χ1) is 7.19. The summed E-state index contributed by atoms with van der Waals surface area (Å²) < 4.78 is 5.88. The molecule has 0 amide bonds. The molecule has 0 aromatic carbocycles. The maximum atomic E-state index is 5.88. The molecule has 2 atom stereocenters. The van der Waals surface area contributed by atoms with Gasteiger partial charge in [0, 0.05) is 12.6 Å². The fraction of sp³-hybridized carbons (Fsp3) is 1.00. The molecular formula is C13H27NO. The molecule has 1 aliphatic rings. The van der Waals surface area contributed by atoms with Gasteiger partial charge in [-0.3, -0.25) is 0 Å². The Balaban J connectivity index is 2.46. The molecule has 0 saturated heterocycles. The summed E-state index contributed by atoms with van der Waals surface area (Å²) in [6.45, 7) is 10.7. The van der Waals surface area contributed by atoms with Crippen LogP contribution in [0, 0.1) is 11.8 Å². The molecule has 1 saturated carbocycles. The van der Waals surface area contributed by atoms with Gasteiger partial charge in [0.1, 0.15) is 0 Å². The molecule has 0 aromatic rings. The summed E-state index contributed by atoms with van der Waals surface area (Å²) in [7, 11) is 0. The molecule has 0 aliphatic heterocycles. The van der Waals surface area contributed by atoms with E-state index in [0.717, 1.165) is 19.1 Å². The van der Waals surface area contributed by atoms with Crippen molar-refractivity contribution in [1.29, 1.82) is 0 Å². The smallest absolute Gasteiger partial charge is 0.0750 e. The van der Waals surface area contributed by atoms with Crippen LogP contribution in [0.15, 0.2) is 0 Å². The second-order valence-corrected chi connectivity index (χ2v) is 5.01. The molecule has 0 radical (unpaired) electrons. The lowest BCUT2D eigenvalue weighted by molar-refractivity contribution is 0.000553. The van der Waals surface area contributed by atoms with E-state index in [2.05, 4.69) is 33.0 Å². The second-order valence-electron chi connectivity index (χ2n) is 5.01. The van der Waals surface area contributed by atoms with Crippen LogP contribution in [0.3, 0.4) is 0 Å². The van der Waals surface area contributed by atoms with Crippen LogP contribution in [0.25, 0.3) is 0 Å². The zero-order valence-electron chi connectivity index (χ0n) is 10.8. The number of rotatable bonds is 8. The third kappa shape index (κ3) is 4.52. The van der Waals surface area contributed by atoms with Gasteiger partial charge in [0.05, 0.1) is 6.10 Å². The lowest BCUT2D eigenvalue weighted by Crippen LogP contribution is -2.44. The monoisotopic (exact) mass is 213 g/mol. The number of likely N-dealkylation sites (N-methyl/N-ethyl adjacent to an activating group) is 1. The van der Waals surface area contributed by atoms with Crippen molar-refractivity contribution >= 4 is 0 Å².